The van der Waals surface area contributed by atoms with Crippen molar-refractivity contribution in [2.45, 2.75) is 62.7 Å². The molecule has 2 aliphatic heterocycles. The third-order valence-electron chi connectivity index (χ3n) is 9.69. The molecule has 2 fully saturated rings. The average molecular weight is 744 g/mol. The monoisotopic (exact) mass is 743 g/mol. The maximum Gasteiger partial charge on any atom is 0.408 e. The fraction of sp³-hybridized carbons (Fsp3) is 0.256. The minimum Gasteiger partial charge on any atom is -0.445 e. The van der Waals surface area contributed by atoms with Crippen LogP contribution in [0.1, 0.15) is 53.6 Å². The number of amides is 3. The molecule has 2 N–H and O–H groups in total. The topological polar surface area (TPSA) is 127 Å². The lowest BCUT2D eigenvalue weighted by Crippen LogP contribution is -2.41. The number of aromatic nitrogens is 1. The lowest BCUT2D eigenvalue weighted by atomic mass is 9.91. The number of thioether (sulfide) groups is 1. The van der Waals surface area contributed by atoms with Crippen molar-refractivity contribution in [3.8, 4) is 11.1 Å². The predicted molar refractivity (Wildman–Crippen MR) is 204 cm³/mol. The Labute approximate surface area is 318 Å². The summed E-state index contributed by atoms with van der Waals surface area (Å²) in [6.45, 7) is 2.27. The Morgan fingerprint density at radius 1 is 0.852 bits per heavy atom. The Bertz CT molecular complexity index is 2050. The second kappa shape index (κ2) is 17.2. The SMILES string of the molecule is C[C@@H]1[C@H](CSc2ccccn2)O[C@H](c2ccc(-c3cccc(CN4C(=O)CC(NC(=O)OCc5ccccc5)C4=O)c3)cc2)O[C@@H]1c1ccc(CO)cc1. The number of ether oxygens (including phenoxy) is 3. The molecule has 0 aliphatic carbocycles. The molecule has 1 unspecified atom stereocenters. The molecule has 10 nitrogen and oxygen atoms in total. The number of pyridine rings is 1. The number of nitrogens with zero attached hydrogens (tertiary/aromatic N) is 2. The van der Waals surface area contributed by atoms with Crippen molar-refractivity contribution in [2.24, 2.45) is 5.92 Å². The first-order valence-corrected chi connectivity index (χ1v) is 18.9. The molecule has 7 rings (SSSR count). The molecule has 0 saturated carbocycles. The Morgan fingerprint density at radius 2 is 1.59 bits per heavy atom. The zero-order chi connectivity index (χ0) is 37.4. The number of alkyl carbamates (subject to hydrolysis) is 1. The summed E-state index contributed by atoms with van der Waals surface area (Å²) in [4.78, 5) is 44.1. The molecule has 2 saturated heterocycles. The van der Waals surface area contributed by atoms with Gasteiger partial charge < -0.3 is 24.6 Å². The minimum absolute atomic E-state index is 0.0218. The first kappa shape index (κ1) is 37.0. The Balaban J connectivity index is 1.01. The van der Waals surface area contributed by atoms with Crippen molar-refractivity contribution >= 4 is 29.7 Å². The van der Waals surface area contributed by atoms with Crippen molar-refractivity contribution in [3.63, 3.8) is 0 Å². The molecule has 276 valence electrons. The van der Waals surface area contributed by atoms with E-state index in [1.54, 1.807) is 18.0 Å². The molecule has 0 radical (unpaired) electrons. The highest BCUT2D eigenvalue weighted by atomic mass is 32.2. The lowest BCUT2D eigenvalue weighted by molar-refractivity contribution is -0.268. The largest absolute Gasteiger partial charge is 0.445 e. The fourth-order valence-corrected chi connectivity index (χ4v) is 7.67. The van der Waals surface area contributed by atoms with Crippen LogP contribution in [0.3, 0.4) is 0 Å². The van der Waals surface area contributed by atoms with E-state index in [9.17, 15) is 19.5 Å². The third-order valence-corrected chi connectivity index (χ3v) is 10.7. The zero-order valence-electron chi connectivity index (χ0n) is 29.7. The first-order chi connectivity index (χ1) is 26.3. The van der Waals surface area contributed by atoms with Crippen LogP contribution in [0.5, 0.6) is 0 Å². The zero-order valence-corrected chi connectivity index (χ0v) is 30.6. The van der Waals surface area contributed by atoms with Crippen molar-refractivity contribution in [2.75, 3.05) is 5.75 Å². The molecule has 0 bridgehead atoms. The molecule has 3 amide bonds. The van der Waals surface area contributed by atoms with E-state index in [-0.39, 0.29) is 50.2 Å². The van der Waals surface area contributed by atoms with E-state index in [0.717, 1.165) is 44.0 Å². The number of nitrogens with one attached hydrogen (secondary N) is 1. The van der Waals surface area contributed by atoms with Gasteiger partial charge in [0.25, 0.3) is 5.91 Å². The Kier molecular flexibility index (Phi) is 11.8. The van der Waals surface area contributed by atoms with E-state index in [2.05, 4.69) is 17.2 Å². The number of benzene rings is 4. The average Bonchev–Trinajstić information content (AvgIpc) is 3.47. The number of carbonyl (C=O) groups excluding carboxylic acids is 3. The summed E-state index contributed by atoms with van der Waals surface area (Å²) in [6, 6.07) is 37.7. The van der Waals surface area contributed by atoms with E-state index >= 15 is 0 Å². The lowest BCUT2D eigenvalue weighted by Gasteiger charge is -2.41. The molecular weight excluding hydrogens is 703 g/mol. The second-order valence-corrected chi connectivity index (χ2v) is 14.4. The Hall–Kier alpha value is -5.33. The van der Waals surface area contributed by atoms with Crippen LogP contribution in [-0.4, -0.2) is 50.8 Å². The van der Waals surface area contributed by atoms with Crippen LogP contribution >= 0.6 is 11.8 Å². The van der Waals surface area contributed by atoms with Crippen LogP contribution in [0.15, 0.2) is 133 Å². The van der Waals surface area contributed by atoms with Gasteiger partial charge in [-0.2, -0.15) is 0 Å². The molecule has 5 aromatic rings. The van der Waals surface area contributed by atoms with Crippen molar-refractivity contribution in [1.82, 2.24) is 15.2 Å². The first-order valence-electron chi connectivity index (χ1n) is 17.9. The number of rotatable bonds is 12. The van der Waals surface area contributed by atoms with Crippen LogP contribution in [-0.2, 0) is 43.6 Å². The maximum atomic E-state index is 13.2. The number of likely N-dealkylation sites (tertiary alicyclic amines) is 1. The van der Waals surface area contributed by atoms with Crippen LogP contribution in [0.25, 0.3) is 11.1 Å². The van der Waals surface area contributed by atoms with Crippen molar-refractivity contribution < 1.29 is 33.7 Å². The van der Waals surface area contributed by atoms with Crippen LogP contribution in [0, 0.1) is 5.92 Å². The van der Waals surface area contributed by atoms with Gasteiger partial charge in [0.1, 0.15) is 12.6 Å². The highest BCUT2D eigenvalue weighted by Gasteiger charge is 2.40. The van der Waals surface area contributed by atoms with Gasteiger partial charge in [0, 0.05) is 23.4 Å². The van der Waals surface area contributed by atoms with Gasteiger partial charge in [-0.15, -0.1) is 11.8 Å². The number of aliphatic hydroxyl groups is 1. The minimum atomic E-state index is -0.976. The second-order valence-electron chi connectivity index (χ2n) is 13.4. The van der Waals surface area contributed by atoms with E-state index in [1.165, 1.54) is 4.90 Å². The highest BCUT2D eigenvalue weighted by molar-refractivity contribution is 7.99. The van der Waals surface area contributed by atoms with Crippen LogP contribution in [0.2, 0.25) is 0 Å². The van der Waals surface area contributed by atoms with Crippen LogP contribution in [0.4, 0.5) is 4.79 Å². The quantitative estimate of drug-likeness (QED) is 0.0995. The van der Waals surface area contributed by atoms with Gasteiger partial charge >= 0.3 is 6.09 Å². The van der Waals surface area contributed by atoms with Crippen molar-refractivity contribution in [3.05, 3.63) is 155 Å². The van der Waals surface area contributed by atoms with Gasteiger partial charge in [0.2, 0.25) is 5.91 Å². The summed E-state index contributed by atoms with van der Waals surface area (Å²) >= 11 is 1.65. The van der Waals surface area contributed by atoms with E-state index < -0.39 is 24.3 Å². The van der Waals surface area contributed by atoms with Gasteiger partial charge in [-0.3, -0.25) is 14.5 Å². The summed E-state index contributed by atoms with van der Waals surface area (Å²) in [6.07, 6.45) is -0.0458. The summed E-state index contributed by atoms with van der Waals surface area (Å²) in [5, 5.41) is 13.1. The van der Waals surface area contributed by atoms with E-state index in [0.29, 0.717) is 5.75 Å². The summed E-state index contributed by atoms with van der Waals surface area (Å²) in [7, 11) is 0. The Morgan fingerprint density at radius 3 is 2.33 bits per heavy atom. The smallest absolute Gasteiger partial charge is 0.408 e. The van der Waals surface area contributed by atoms with Crippen LogP contribution < -0.4 is 5.32 Å². The van der Waals surface area contributed by atoms with Gasteiger partial charge in [-0.05, 0) is 51.6 Å². The molecule has 11 heteroatoms. The molecule has 5 atom stereocenters. The molecular formula is C43H41N3O7S. The normalized spacial score (nSPS) is 21.2. The number of hydrogen-bond donors (Lipinski definition) is 2. The van der Waals surface area contributed by atoms with Gasteiger partial charge in [-0.25, -0.2) is 9.78 Å². The highest BCUT2D eigenvalue weighted by Crippen LogP contribution is 2.43. The number of carbonyl (C=O) groups is 3. The molecule has 54 heavy (non-hydrogen) atoms. The molecule has 3 heterocycles. The standard InChI is InChI=1S/C43H41N3O7S/c1-28-37(27-54-38-12-5-6-21-44-38)52-42(53-40(28)33-15-13-29(25-47)14-16-33)34-19-17-32(18-20-34)35-11-7-10-31(22-35)24-46-39(48)23-36(41(46)49)45-43(50)51-26-30-8-3-2-4-9-30/h2-22,28,36-37,40,42,47H,23-27H2,1H3,(H,45,50)/t28-,36?,37+,40+,42+/m1/s1. The van der Waals surface area contributed by atoms with E-state index in [4.69, 9.17) is 14.2 Å². The molecule has 2 aliphatic rings. The molecule has 1 aromatic heterocycles. The number of imide groups is 1. The number of hydrogen-bond acceptors (Lipinski definition) is 9. The third kappa shape index (κ3) is 8.88. The summed E-state index contributed by atoms with van der Waals surface area (Å²) in [5.41, 5.74) is 6.20. The molecule has 4 aromatic carbocycles. The van der Waals surface area contributed by atoms with Crippen molar-refractivity contribution in [1.29, 1.82) is 0 Å². The van der Waals surface area contributed by atoms with Gasteiger partial charge in [-0.1, -0.05) is 110 Å². The maximum absolute atomic E-state index is 13.2. The van der Waals surface area contributed by atoms with E-state index in [1.807, 2.05) is 121 Å². The summed E-state index contributed by atoms with van der Waals surface area (Å²) in [5.74, 6) is -0.0732. The predicted octanol–water partition coefficient (Wildman–Crippen LogP) is 7.38. The fourth-order valence-electron chi connectivity index (χ4n) is 6.64. The van der Waals surface area contributed by atoms with Gasteiger partial charge in [0.05, 0.1) is 36.8 Å². The van der Waals surface area contributed by atoms with Gasteiger partial charge in [0.15, 0.2) is 6.29 Å². The summed E-state index contributed by atoms with van der Waals surface area (Å²) < 4.78 is 18.5. The molecule has 0 spiro atoms. The number of aliphatic hydroxyl groups excluding tert-OH is 1.